The van der Waals surface area contributed by atoms with Gasteiger partial charge in [-0.25, -0.2) is 4.98 Å². The number of aromatic nitrogens is 1. The number of carbonyl (C=O) groups excluding carboxylic acids is 2. The quantitative estimate of drug-likeness (QED) is 0.664. The van der Waals surface area contributed by atoms with Crippen LogP contribution in [-0.4, -0.2) is 34.4 Å². The molecule has 1 heterocycles. The molecule has 0 saturated heterocycles. The lowest BCUT2D eigenvalue weighted by molar-refractivity contribution is -0.137. The molecule has 20 heavy (non-hydrogen) atoms. The van der Waals surface area contributed by atoms with E-state index < -0.39 is 5.97 Å². The summed E-state index contributed by atoms with van der Waals surface area (Å²) in [7, 11) is 0. The summed E-state index contributed by atoms with van der Waals surface area (Å²) in [6, 6.07) is 0. The third-order valence-corrected chi connectivity index (χ3v) is 3.15. The van der Waals surface area contributed by atoms with Crippen molar-refractivity contribution in [1.29, 1.82) is 0 Å². The van der Waals surface area contributed by atoms with E-state index >= 15 is 0 Å². The average Bonchev–Trinajstić information content (AvgIpc) is 2.75. The number of amides is 2. The zero-order valence-electron chi connectivity index (χ0n) is 11.1. The van der Waals surface area contributed by atoms with E-state index in [1.54, 1.807) is 5.38 Å². The summed E-state index contributed by atoms with van der Waals surface area (Å²) in [5.41, 5.74) is 0.772. The van der Waals surface area contributed by atoms with Crippen molar-refractivity contribution < 1.29 is 19.5 Å². The molecule has 0 aliphatic rings. The third kappa shape index (κ3) is 6.83. The smallest absolute Gasteiger partial charge is 0.303 e. The molecule has 3 N–H and O–H groups in total. The molecule has 0 aliphatic heterocycles. The first-order chi connectivity index (χ1) is 9.47. The van der Waals surface area contributed by atoms with Gasteiger partial charge in [-0.2, -0.15) is 0 Å². The Bertz CT molecular complexity index is 487. The van der Waals surface area contributed by atoms with Crippen LogP contribution in [0.25, 0.3) is 0 Å². The van der Waals surface area contributed by atoms with Crippen LogP contribution in [0.4, 0.5) is 5.13 Å². The van der Waals surface area contributed by atoms with Gasteiger partial charge in [0.15, 0.2) is 5.13 Å². The maximum atomic E-state index is 11.5. The molecule has 0 aromatic carbocycles. The Hall–Kier alpha value is -1.96. The molecule has 0 aliphatic carbocycles. The number of carboxylic acids is 1. The van der Waals surface area contributed by atoms with Gasteiger partial charge < -0.3 is 15.7 Å². The van der Waals surface area contributed by atoms with Gasteiger partial charge in [0.25, 0.3) is 0 Å². The SMILES string of the molecule is CC(=O)NCCC(=O)Nc1nc(CCCC(=O)O)cs1. The number of rotatable bonds is 8. The Kier molecular flexibility index (Phi) is 6.65. The summed E-state index contributed by atoms with van der Waals surface area (Å²) in [5, 5.41) is 16.0. The van der Waals surface area contributed by atoms with Crippen LogP contribution in [0.15, 0.2) is 5.38 Å². The average molecular weight is 299 g/mol. The number of carboxylic acid groups (broad SMARTS) is 1. The van der Waals surface area contributed by atoms with Crippen LogP contribution < -0.4 is 10.6 Å². The molecule has 0 unspecified atom stereocenters. The van der Waals surface area contributed by atoms with E-state index in [2.05, 4.69) is 15.6 Å². The zero-order valence-corrected chi connectivity index (χ0v) is 12.0. The molecular formula is C12H17N3O4S. The van der Waals surface area contributed by atoms with Crippen LogP contribution in [0.5, 0.6) is 0 Å². The third-order valence-electron chi connectivity index (χ3n) is 2.35. The topological polar surface area (TPSA) is 108 Å². The van der Waals surface area contributed by atoms with Crippen LogP contribution in [0, 0.1) is 0 Å². The molecular weight excluding hydrogens is 282 g/mol. The normalized spacial score (nSPS) is 10.1. The number of thiazole rings is 1. The van der Waals surface area contributed by atoms with Gasteiger partial charge in [-0.05, 0) is 12.8 Å². The van der Waals surface area contributed by atoms with Crippen molar-refractivity contribution in [3.8, 4) is 0 Å². The Labute approximate surface area is 120 Å². The first kappa shape index (κ1) is 16.1. The van der Waals surface area contributed by atoms with E-state index in [1.807, 2.05) is 0 Å². The van der Waals surface area contributed by atoms with Gasteiger partial charge in [0, 0.05) is 31.7 Å². The molecule has 1 aromatic rings. The lowest BCUT2D eigenvalue weighted by Gasteiger charge is -2.02. The van der Waals surface area contributed by atoms with Crippen LogP contribution >= 0.6 is 11.3 Å². The molecule has 1 rings (SSSR count). The van der Waals surface area contributed by atoms with Crippen molar-refractivity contribution in [1.82, 2.24) is 10.3 Å². The highest BCUT2D eigenvalue weighted by Crippen LogP contribution is 2.17. The summed E-state index contributed by atoms with van der Waals surface area (Å²) in [6.07, 6.45) is 1.39. The molecule has 8 heteroatoms. The van der Waals surface area contributed by atoms with E-state index in [0.717, 1.165) is 5.69 Å². The molecule has 0 radical (unpaired) electrons. The fraction of sp³-hybridized carbons (Fsp3) is 0.500. The van der Waals surface area contributed by atoms with Crippen molar-refractivity contribution in [2.24, 2.45) is 0 Å². The van der Waals surface area contributed by atoms with Crippen molar-refractivity contribution in [3.05, 3.63) is 11.1 Å². The minimum Gasteiger partial charge on any atom is -0.481 e. The van der Waals surface area contributed by atoms with Crippen molar-refractivity contribution in [2.45, 2.75) is 32.6 Å². The van der Waals surface area contributed by atoms with Gasteiger partial charge in [0.05, 0.1) is 5.69 Å². The van der Waals surface area contributed by atoms with E-state index in [-0.39, 0.29) is 31.2 Å². The first-order valence-electron chi connectivity index (χ1n) is 6.18. The van der Waals surface area contributed by atoms with Crippen LogP contribution in [0.3, 0.4) is 0 Å². The van der Waals surface area contributed by atoms with E-state index in [4.69, 9.17) is 5.11 Å². The lowest BCUT2D eigenvalue weighted by Crippen LogP contribution is -2.25. The number of hydrogen-bond donors (Lipinski definition) is 3. The van der Waals surface area contributed by atoms with Gasteiger partial charge in [-0.3, -0.25) is 14.4 Å². The zero-order chi connectivity index (χ0) is 15.0. The van der Waals surface area contributed by atoms with Gasteiger partial charge >= 0.3 is 5.97 Å². The molecule has 0 spiro atoms. The molecule has 110 valence electrons. The highest BCUT2D eigenvalue weighted by Gasteiger charge is 2.07. The fourth-order valence-electron chi connectivity index (χ4n) is 1.43. The largest absolute Gasteiger partial charge is 0.481 e. The predicted octanol–water partition coefficient (Wildman–Crippen LogP) is 1.02. The van der Waals surface area contributed by atoms with E-state index in [9.17, 15) is 14.4 Å². The molecule has 0 saturated carbocycles. The molecule has 7 nitrogen and oxygen atoms in total. The highest BCUT2D eigenvalue weighted by atomic mass is 32.1. The number of nitrogens with zero attached hydrogens (tertiary/aromatic N) is 1. The minimum absolute atomic E-state index is 0.107. The minimum atomic E-state index is -0.827. The number of anilines is 1. The Morgan fingerprint density at radius 3 is 2.75 bits per heavy atom. The Morgan fingerprint density at radius 2 is 2.10 bits per heavy atom. The van der Waals surface area contributed by atoms with Crippen molar-refractivity contribution in [3.63, 3.8) is 0 Å². The van der Waals surface area contributed by atoms with E-state index in [0.29, 0.717) is 18.0 Å². The van der Waals surface area contributed by atoms with E-state index in [1.165, 1.54) is 18.3 Å². The number of nitrogens with one attached hydrogen (secondary N) is 2. The maximum Gasteiger partial charge on any atom is 0.303 e. The second kappa shape index (κ2) is 8.26. The van der Waals surface area contributed by atoms with Crippen LogP contribution in [0.2, 0.25) is 0 Å². The number of hydrogen-bond acceptors (Lipinski definition) is 5. The molecule has 0 atom stereocenters. The fourth-order valence-corrected chi connectivity index (χ4v) is 2.19. The summed E-state index contributed by atoms with van der Waals surface area (Å²) in [5.74, 6) is -1.22. The Morgan fingerprint density at radius 1 is 1.35 bits per heavy atom. The van der Waals surface area contributed by atoms with Gasteiger partial charge in [0.1, 0.15) is 0 Å². The van der Waals surface area contributed by atoms with Gasteiger partial charge in [0.2, 0.25) is 11.8 Å². The van der Waals surface area contributed by atoms with Crippen molar-refractivity contribution >= 4 is 34.3 Å². The second-order valence-corrected chi connectivity index (χ2v) is 5.03. The number of aliphatic carboxylic acids is 1. The summed E-state index contributed by atoms with van der Waals surface area (Å²) >= 11 is 1.30. The summed E-state index contributed by atoms with van der Waals surface area (Å²) in [6.45, 7) is 1.68. The van der Waals surface area contributed by atoms with Gasteiger partial charge in [-0.1, -0.05) is 0 Å². The molecule has 0 bridgehead atoms. The van der Waals surface area contributed by atoms with Gasteiger partial charge in [-0.15, -0.1) is 11.3 Å². The summed E-state index contributed by atoms with van der Waals surface area (Å²) < 4.78 is 0. The molecule has 0 fully saturated rings. The Balaban J connectivity index is 2.30. The van der Waals surface area contributed by atoms with Crippen molar-refractivity contribution in [2.75, 3.05) is 11.9 Å². The molecule has 2 amide bonds. The molecule has 1 aromatic heterocycles. The van der Waals surface area contributed by atoms with Crippen LogP contribution in [0.1, 0.15) is 31.9 Å². The first-order valence-corrected chi connectivity index (χ1v) is 7.06. The second-order valence-electron chi connectivity index (χ2n) is 4.17. The maximum absolute atomic E-state index is 11.5. The standard InChI is InChI=1S/C12H17N3O4S/c1-8(16)13-6-5-10(17)15-12-14-9(7-20-12)3-2-4-11(18)19/h7H,2-6H2,1H3,(H,13,16)(H,18,19)(H,14,15,17). The lowest BCUT2D eigenvalue weighted by atomic mass is 10.2. The summed E-state index contributed by atoms with van der Waals surface area (Å²) in [4.78, 5) is 36.8. The highest BCUT2D eigenvalue weighted by molar-refractivity contribution is 7.13. The van der Waals surface area contributed by atoms with Crippen LogP contribution in [-0.2, 0) is 20.8 Å². The number of carbonyl (C=O) groups is 3. The monoisotopic (exact) mass is 299 g/mol. The number of aryl methyl sites for hydroxylation is 1. The predicted molar refractivity (Wildman–Crippen MR) is 74.6 cm³/mol.